The molecule has 0 aliphatic heterocycles. The fourth-order valence-electron chi connectivity index (χ4n) is 4.91. The van der Waals surface area contributed by atoms with E-state index in [2.05, 4.69) is 113 Å². The van der Waals surface area contributed by atoms with E-state index < -0.39 is 7.05 Å². The number of nitrogens with zero attached hydrogens (tertiary/aromatic N) is 1. The first-order valence-corrected chi connectivity index (χ1v) is 17.9. The van der Waals surface area contributed by atoms with Crippen molar-refractivity contribution in [3.05, 3.63) is 47.2 Å². The molecule has 0 atom stereocenters. The predicted octanol–water partition coefficient (Wildman–Crippen LogP) is 12.5. The van der Waals surface area contributed by atoms with Gasteiger partial charge >= 0.3 is 0 Å². The molecule has 0 aromatic heterocycles. The van der Waals surface area contributed by atoms with Gasteiger partial charge in [-0.2, -0.15) is 0 Å². The van der Waals surface area contributed by atoms with Crippen LogP contribution < -0.4 is 0 Å². The van der Waals surface area contributed by atoms with Crippen LogP contribution in [0.3, 0.4) is 0 Å². The van der Waals surface area contributed by atoms with Crippen molar-refractivity contribution < 1.29 is 21.7 Å². The molecule has 1 nitrogen and oxygen atoms in total. The first kappa shape index (κ1) is 40.0. The Kier molecular flexibility index (Phi) is 23.8. The zero-order valence-corrected chi connectivity index (χ0v) is 30.2. The maximum atomic E-state index is 5.51. The van der Waals surface area contributed by atoms with Crippen molar-refractivity contribution in [2.24, 2.45) is 34.3 Å². The van der Waals surface area contributed by atoms with Crippen molar-refractivity contribution in [3.8, 4) is 0 Å². The second-order valence-electron chi connectivity index (χ2n) is 13.5. The number of hydrogen-bond acceptors (Lipinski definition) is 1. The zero-order valence-electron chi connectivity index (χ0n) is 27.7. The van der Waals surface area contributed by atoms with Gasteiger partial charge in [0, 0.05) is 33.8 Å². The normalized spacial score (nSPS) is 14.4. The molecule has 3 heteroatoms. The summed E-state index contributed by atoms with van der Waals surface area (Å²) in [4.78, 5) is 0. The van der Waals surface area contributed by atoms with Gasteiger partial charge < -0.3 is 0 Å². The summed E-state index contributed by atoms with van der Waals surface area (Å²) in [5, 5.41) is 0. The van der Waals surface area contributed by atoms with Crippen molar-refractivity contribution in [3.63, 3.8) is 0 Å². The minimum Gasteiger partial charge on any atom is -0.272 e. The number of hydrogen-bond donors (Lipinski definition) is 0. The standard InChI is InChI=1S/C23H44NP.C12H22.Ti/c1-20(2)12-9-17-25(18-10-13-21(3)4,19-11-14-22(5)6)24-23-15-7-8-16-23;1-9(2)7-11(5)12(6)8-10(3)4;/h7-8,15,20-22H,9-14,16-19H2,1-6H3;7-10H,1-6H3;. The van der Waals surface area contributed by atoms with E-state index in [1.165, 1.54) is 73.9 Å². The van der Waals surface area contributed by atoms with E-state index in [9.17, 15) is 0 Å². The monoisotopic (exact) mass is 579 g/mol. The summed E-state index contributed by atoms with van der Waals surface area (Å²) in [5.41, 5.74) is 4.20. The van der Waals surface area contributed by atoms with Gasteiger partial charge in [0.05, 0.1) is 0 Å². The Morgan fingerprint density at radius 3 is 1.34 bits per heavy atom. The van der Waals surface area contributed by atoms with E-state index in [1.807, 2.05) is 0 Å². The molecule has 0 aromatic rings. The fraction of sp³-hybridized carbons (Fsp3) is 0.771. The molecule has 1 rings (SSSR count). The average Bonchev–Trinajstić information content (AvgIpc) is 3.25. The number of rotatable bonds is 16. The minimum atomic E-state index is -1.20. The Hall–Kier alpha value is -0.0957. The molecule has 0 fully saturated rings. The van der Waals surface area contributed by atoms with Gasteiger partial charge in [-0.05, 0) is 94.3 Å². The SMILES string of the molecule is CC(=CC(C)C)C(C)=CC(C)C.CC(C)CCCP(CCCC(C)C)(CCCC(C)C)=NC1=CC=CC1.[Ti]. The van der Waals surface area contributed by atoms with Crippen molar-refractivity contribution >= 4 is 7.05 Å². The summed E-state index contributed by atoms with van der Waals surface area (Å²) in [6.45, 7) is 27.4. The van der Waals surface area contributed by atoms with Crippen LogP contribution in [0.1, 0.15) is 128 Å². The molecular formula is C35H66NPTi. The number of allylic oxidation sites excluding steroid dienone is 7. The summed E-state index contributed by atoms with van der Waals surface area (Å²) in [6, 6.07) is 0. The van der Waals surface area contributed by atoms with Gasteiger partial charge in [0.1, 0.15) is 0 Å². The molecule has 0 saturated heterocycles. The average molecular weight is 580 g/mol. The van der Waals surface area contributed by atoms with E-state index in [0.29, 0.717) is 11.8 Å². The Morgan fingerprint density at radius 2 is 1.08 bits per heavy atom. The largest absolute Gasteiger partial charge is 0.272 e. The Bertz CT molecular complexity index is 713. The van der Waals surface area contributed by atoms with Crippen molar-refractivity contribution in [2.45, 2.75) is 128 Å². The Labute approximate surface area is 255 Å². The molecule has 0 unspecified atom stereocenters. The summed E-state index contributed by atoms with van der Waals surface area (Å²) in [6.07, 6.45) is 24.8. The van der Waals surface area contributed by atoms with Crippen LogP contribution in [0.5, 0.6) is 0 Å². The second-order valence-corrected chi connectivity index (χ2v) is 17.2. The van der Waals surface area contributed by atoms with Crippen molar-refractivity contribution in [1.29, 1.82) is 0 Å². The first-order chi connectivity index (χ1) is 17.3. The smallest absolute Gasteiger partial charge is 0.0425 e. The summed E-state index contributed by atoms with van der Waals surface area (Å²) in [5.74, 6) is 3.77. The van der Waals surface area contributed by atoms with E-state index in [4.69, 9.17) is 4.74 Å². The van der Waals surface area contributed by atoms with E-state index in [1.54, 1.807) is 0 Å². The van der Waals surface area contributed by atoms with Crippen molar-refractivity contribution in [1.82, 2.24) is 0 Å². The third-order valence-corrected chi connectivity index (χ3v) is 11.1. The summed E-state index contributed by atoms with van der Waals surface area (Å²) < 4.78 is 5.51. The molecule has 0 radical (unpaired) electrons. The van der Waals surface area contributed by atoms with E-state index in [0.717, 1.165) is 24.2 Å². The van der Waals surface area contributed by atoms with Gasteiger partial charge in [-0.3, -0.25) is 4.74 Å². The van der Waals surface area contributed by atoms with Crippen LogP contribution in [0.2, 0.25) is 0 Å². The third kappa shape index (κ3) is 21.7. The quantitative estimate of drug-likeness (QED) is 0.0980. The fourth-order valence-corrected chi connectivity index (χ4v) is 8.89. The van der Waals surface area contributed by atoms with E-state index >= 15 is 0 Å². The molecule has 0 heterocycles. The second kappa shape index (κ2) is 22.6. The van der Waals surface area contributed by atoms with Crippen LogP contribution in [-0.2, 0) is 21.7 Å². The molecule has 0 aromatic carbocycles. The van der Waals surface area contributed by atoms with Crippen LogP contribution in [0.15, 0.2) is 52.0 Å². The van der Waals surface area contributed by atoms with Gasteiger partial charge in [0.25, 0.3) is 0 Å². The maximum Gasteiger partial charge on any atom is 0.0425 e. The van der Waals surface area contributed by atoms with Crippen LogP contribution in [-0.4, -0.2) is 18.5 Å². The third-order valence-electron chi connectivity index (χ3n) is 6.95. The molecule has 1 aliphatic carbocycles. The molecule has 38 heavy (non-hydrogen) atoms. The topological polar surface area (TPSA) is 12.4 Å². The Morgan fingerprint density at radius 1 is 0.711 bits per heavy atom. The van der Waals surface area contributed by atoms with E-state index in [-0.39, 0.29) is 21.7 Å². The van der Waals surface area contributed by atoms with Gasteiger partial charge in [-0.25, -0.2) is 0 Å². The van der Waals surface area contributed by atoms with Gasteiger partial charge in [0.15, 0.2) is 0 Å². The minimum absolute atomic E-state index is 0. The van der Waals surface area contributed by atoms with Gasteiger partial charge in [0.2, 0.25) is 0 Å². The van der Waals surface area contributed by atoms with Crippen LogP contribution in [0.4, 0.5) is 0 Å². The Balaban J connectivity index is 0. The molecule has 220 valence electrons. The molecule has 0 N–H and O–H groups in total. The van der Waals surface area contributed by atoms with Crippen LogP contribution >= 0.6 is 7.05 Å². The van der Waals surface area contributed by atoms with Crippen molar-refractivity contribution in [2.75, 3.05) is 18.5 Å². The molecule has 0 amide bonds. The predicted molar refractivity (Wildman–Crippen MR) is 175 cm³/mol. The summed E-state index contributed by atoms with van der Waals surface area (Å²) in [7, 11) is -1.20. The van der Waals surface area contributed by atoms with Crippen LogP contribution in [0.25, 0.3) is 0 Å². The van der Waals surface area contributed by atoms with Gasteiger partial charge in [-0.1, -0.05) is 124 Å². The molecular weight excluding hydrogens is 513 g/mol. The maximum absolute atomic E-state index is 5.51. The van der Waals surface area contributed by atoms with Crippen LogP contribution in [0, 0.1) is 29.6 Å². The van der Waals surface area contributed by atoms with Gasteiger partial charge in [-0.15, -0.1) is 0 Å². The molecule has 1 aliphatic rings. The zero-order chi connectivity index (χ0) is 28.4. The molecule has 0 bridgehead atoms. The first-order valence-electron chi connectivity index (χ1n) is 15.6. The summed E-state index contributed by atoms with van der Waals surface area (Å²) >= 11 is 0. The molecule has 0 spiro atoms. The molecule has 0 saturated carbocycles.